The molecule has 0 aliphatic heterocycles. The molecule has 0 heterocycles. The van der Waals surface area contributed by atoms with Gasteiger partial charge in [0.15, 0.2) is 17.1 Å². The van der Waals surface area contributed by atoms with Crippen molar-refractivity contribution in [3.05, 3.63) is 58.4 Å². The molecule has 42 heavy (non-hydrogen) atoms. The molecule has 3 amide bonds. The van der Waals surface area contributed by atoms with Crippen LogP contribution in [-0.4, -0.2) is 70.7 Å². The summed E-state index contributed by atoms with van der Waals surface area (Å²) >= 11 is 0. The van der Waals surface area contributed by atoms with Crippen LogP contribution in [0.1, 0.15) is 24.0 Å². The molecule has 1 saturated carbocycles. The van der Waals surface area contributed by atoms with Crippen molar-refractivity contribution in [1.29, 1.82) is 0 Å². The fourth-order valence-corrected chi connectivity index (χ4v) is 6.12. The van der Waals surface area contributed by atoms with Crippen LogP contribution in [0, 0.1) is 11.8 Å². The number of fused-ring (bicyclic) bond motifs is 3. The predicted molar refractivity (Wildman–Crippen MR) is 151 cm³/mol. The van der Waals surface area contributed by atoms with Gasteiger partial charge in [-0.2, -0.15) is 0 Å². The summed E-state index contributed by atoms with van der Waals surface area (Å²) in [4.78, 5) is 52.7. The Morgan fingerprint density at radius 3 is 2.33 bits per heavy atom. The van der Waals surface area contributed by atoms with E-state index in [1.54, 1.807) is 43.3 Å². The third-order valence-electron chi connectivity index (χ3n) is 8.12. The molecule has 0 saturated heterocycles. The Balaban J connectivity index is 1.57. The number of amides is 3. The van der Waals surface area contributed by atoms with E-state index in [0.717, 1.165) is 0 Å². The monoisotopic (exact) mass is 578 g/mol. The molecule has 5 rings (SSSR count). The molecule has 0 radical (unpaired) electrons. The number of nitrogens with zero attached hydrogens (tertiary/aromatic N) is 1. The Hall–Kier alpha value is -5.04. The molecule has 3 atom stereocenters. The van der Waals surface area contributed by atoms with E-state index in [1.807, 2.05) is 0 Å². The average molecular weight is 579 g/mol. The number of anilines is 3. The number of ether oxygens (including phenoxy) is 1. The molecule has 2 aromatic rings. The van der Waals surface area contributed by atoms with Gasteiger partial charge in [-0.05, 0) is 54.7 Å². The second-order valence-corrected chi connectivity index (χ2v) is 10.8. The second-order valence-electron chi connectivity index (χ2n) is 10.8. The number of carbonyl (C=O) groups is 4. The molecule has 3 aliphatic carbocycles. The minimum absolute atomic E-state index is 0.0147. The number of ketones is 2. The van der Waals surface area contributed by atoms with E-state index >= 15 is 0 Å². The van der Waals surface area contributed by atoms with Crippen molar-refractivity contribution in [2.24, 2.45) is 17.6 Å². The number of Topliss-reactive ketones (excluding diaryl/α,β-unsaturated/α-hetero) is 2. The van der Waals surface area contributed by atoms with Crippen molar-refractivity contribution in [3.8, 4) is 11.5 Å². The van der Waals surface area contributed by atoms with Gasteiger partial charge in [0.05, 0.1) is 18.4 Å². The van der Waals surface area contributed by atoms with Gasteiger partial charge < -0.3 is 46.4 Å². The summed E-state index contributed by atoms with van der Waals surface area (Å²) < 4.78 is 5.11. The summed E-state index contributed by atoms with van der Waals surface area (Å²) in [5.74, 6) is -6.65. The molecular weight excluding hydrogens is 548 g/mol. The number of phenolic OH excluding ortho intramolecular Hbond substituents is 1. The lowest BCUT2D eigenvalue weighted by molar-refractivity contribution is -0.147. The summed E-state index contributed by atoms with van der Waals surface area (Å²) in [5, 5.41) is 50.1. The van der Waals surface area contributed by atoms with Crippen LogP contribution in [0.3, 0.4) is 0 Å². The predicted octanol–water partition coefficient (Wildman–Crippen LogP) is 2.14. The normalized spacial score (nSPS) is 23.0. The Morgan fingerprint density at radius 2 is 1.74 bits per heavy atom. The van der Waals surface area contributed by atoms with E-state index in [4.69, 9.17) is 10.5 Å². The topological polar surface area (TPSA) is 212 Å². The largest absolute Gasteiger partial charge is 0.508 e. The van der Waals surface area contributed by atoms with Crippen LogP contribution >= 0.6 is 0 Å². The maximum Gasteiger partial charge on any atom is 0.323 e. The van der Waals surface area contributed by atoms with Crippen molar-refractivity contribution >= 4 is 46.3 Å². The van der Waals surface area contributed by atoms with E-state index < -0.39 is 70.2 Å². The molecule has 3 unspecified atom stereocenters. The second kappa shape index (κ2) is 10.1. The number of urea groups is 1. The summed E-state index contributed by atoms with van der Waals surface area (Å²) in [7, 11) is 4.96. The first kappa shape index (κ1) is 28.5. The molecule has 8 N–H and O–H groups in total. The minimum Gasteiger partial charge on any atom is -0.508 e. The average Bonchev–Trinajstić information content (AvgIpc) is 2.92. The van der Waals surface area contributed by atoms with Gasteiger partial charge in [0, 0.05) is 43.4 Å². The van der Waals surface area contributed by atoms with E-state index in [9.17, 15) is 39.6 Å². The van der Waals surface area contributed by atoms with Crippen LogP contribution in [0.15, 0.2) is 47.2 Å². The van der Waals surface area contributed by atoms with E-state index in [2.05, 4.69) is 10.6 Å². The third-order valence-corrected chi connectivity index (χ3v) is 8.12. The number of hydrogen-bond donors (Lipinski definition) is 7. The summed E-state index contributed by atoms with van der Waals surface area (Å²) in [6.45, 7) is 0. The Bertz CT molecular complexity index is 1610. The molecule has 220 valence electrons. The molecule has 2 aromatic carbocycles. The standard InChI is InChI=1S/C29H30N4O9/c1-33(2)18-11-17(32-28(40)31-14-4-6-15(42-3)7-5-14)23(35)21-16(18)9-12-8-13-10-19(34)22(27(30)39)26(38)29(13,41)25(37)20(12)24(21)36/h4-7,11-13,35-36,38,41H,8-10H2,1-3H3,(H2,30,39)(H2,31,32,40). The van der Waals surface area contributed by atoms with Gasteiger partial charge in [0.25, 0.3) is 5.91 Å². The number of phenols is 1. The molecule has 1 fully saturated rings. The molecule has 13 heteroatoms. The summed E-state index contributed by atoms with van der Waals surface area (Å²) in [6, 6.07) is 7.36. The molecule has 0 bridgehead atoms. The lowest BCUT2D eigenvalue weighted by Crippen LogP contribution is -2.58. The smallest absolute Gasteiger partial charge is 0.323 e. The fraction of sp³-hybridized carbons (Fsp3) is 0.310. The van der Waals surface area contributed by atoms with Crippen molar-refractivity contribution in [2.75, 3.05) is 36.7 Å². The lowest BCUT2D eigenvalue weighted by atomic mass is 9.59. The SMILES string of the molecule is COc1ccc(NC(=O)Nc2cc(N(C)C)c3c(c2O)C(O)=C2C(=O)C4(O)C(O)=C(C(N)=O)C(=O)CC4CC2C3)cc1. The van der Waals surface area contributed by atoms with Crippen molar-refractivity contribution < 1.29 is 44.3 Å². The van der Waals surface area contributed by atoms with E-state index in [1.165, 1.54) is 13.2 Å². The van der Waals surface area contributed by atoms with E-state index in [0.29, 0.717) is 22.7 Å². The van der Waals surface area contributed by atoms with E-state index in [-0.39, 0.29) is 29.7 Å². The third kappa shape index (κ3) is 4.29. The zero-order chi connectivity index (χ0) is 30.7. The maximum atomic E-state index is 13.8. The van der Waals surface area contributed by atoms with Crippen molar-refractivity contribution in [2.45, 2.75) is 24.9 Å². The van der Waals surface area contributed by atoms with Crippen molar-refractivity contribution in [3.63, 3.8) is 0 Å². The lowest BCUT2D eigenvalue weighted by Gasteiger charge is -2.46. The summed E-state index contributed by atoms with van der Waals surface area (Å²) in [5.41, 5.74) is 2.68. The number of benzene rings is 2. The van der Waals surface area contributed by atoms with Crippen molar-refractivity contribution in [1.82, 2.24) is 0 Å². The Labute approximate surface area is 239 Å². The maximum absolute atomic E-state index is 13.8. The number of aliphatic hydroxyl groups is 3. The van der Waals surface area contributed by atoms with Gasteiger partial charge in [-0.3, -0.25) is 14.4 Å². The highest BCUT2D eigenvalue weighted by molar-refractivity contribution is 6.22. The Morgan fingerprint density at radius 1 is 1.07 bits per heavy atom. The molecule has 3 aliphatic rings. The number of carbonyl (C=O) groups excluding carboxylic acids is 4. The number of rotatable bonds is 5. The Kier molecular flexibility index (Phi) is 6.85. The van der Waals surface area contributed by atoms with Gasteiger partial charge >= 0.3 is 6.03 Å². The number of primary amides is 1. The van der Waals surface area contributed by atoms with Gasteiger partial charge in [-0.1, -0.05) is 0 Å². The number of nitrogens with two attached hydrogens (primary N) is 1. The van der Waals surface area contributed by atoms with Gasteiger partial charge in [0.1, 0.15) is 22.8 Å². The molecule has 0 spiro atoms. The highest BCUT2D eigenvalue weighted by Gasteiger charge is 2.60. The molecule has 0 aromatic heterocycles. The quantitative estimate of drug-likeness (QED) is 0.203. The molecular formula is C29H30N4O9. The first-order valence-corrected chi connectivity index (χ1v) is 13.0. The van der Waals surface area contributed by atoms with Gasteiger partial charge in [-0.15, -0.1) is 0 Å². The number of aromatic hydroxyl groups is 1. The number of aliphatic hydroxyl groups excluding tert-OH is 2. The highest BCUT2D eigenvalue weighted by atomic mass is 16.5. The van der Waals surface area contributed by atoms with Gasteiger partial charge in [-0.25, -0.2) is 4.79 Å². The van der Waals surface area contributed by atoms with Crippen LogP contribution in [0.25, 0.3) is 5.76 Å². The first-order chi connectivity index (χ1) is 19.8. The number of methoxy groups -OCH3 is 1. The van der Waals surface area contributed by atoms with Crippen LogP contribution in [0.2, 0.25) is 0 Å². The molecule has 13 nitrogen and oxygen atoms in total. The van der Waals surface area contributed by atoms with Crippen LogP contribution in [0.5, 0.6) is 11.5 Å². The number of nitrogens with one attached hydrogen (secondary N) is 2. The minimum atomic E-state index is -2.66. The van der Waals surface area contributed by atoms with Gasteiger partial charge in [0.2, 0.25) is 5.78 Å². The zero-order valence-corrected chi connectivity index (χ0v) is 23.0. The summed E-state index contributed by atoms with van der Waals surface area (Å²) in [6.07, 6.45) is -0.255. The van der Waals surface area contributed by atoms with Crippen LogP contribution in [0.4, 0.5) is 21.9 Å². The first-order valence-electron chi connectivity index (χ1n) is 13.0. The van der Waals surface area contributed by atoms with Crippen LogP contribution in [-0.2, 0) is 20.8 Å². The zero-order valence-electron chi connectivity index (χ0n) is 23.0. The van der Waals surface area contributed by atoms with Crippen LogP contribution < -0.4 is 26.0 Å². The number of hydrogen-bond acceptors (Lipinski definition) is 10. The highest BCUT2D eigenvalue weighted by Crippen LogP contribution is 2.54. The fourth-order valence-electron chi connectivity index (χ4n) is 6.12.